The third kappa shape index (κ3) is 4.00. The summed E-state index contributed by atoms with van der Waals surface area (Å²) in [7, 11) is 1.63. The molecule has 1 aliphatic heterocycles. The molecule has 7 nitrogen and oxygen atoms in total. The van der Waals surface area contributed by atoms with E-state index in [0.29, 0.717) is 59.5 Å². The summed E-state index contributed by atoms with van der Waals surface area (Å²) in [6.45, 7) is 6.30. The third-order valence-corrected chi connectivity index (χ3v) is 6.63. The molecule has 0 bridgehead atoms. The van der Waals surface area contributed by atoms with Crippen molar-refractivity contribution in [2.24, 2.45) is 0 Å². The van der Waals surface area contributed by atoms with Gasteiger partial charge in [-0.2, -0.15) is 0 Å². The maximum Gasteiger partial charge on any atom is 0.342 e. The second kappa shape index (κ2) is 9.60. The Labute approximate surface area is 203 Å². The van der Waals surface area contributed by atoms with Gasteiger partial charge in [0.15, 0.2) is 0 Å². The molecule has 0 aliphatic carbocycles. The summed E-state index contributed by atoms with van der Waals surface area (Å²) in [5.41, 5.74) is 2.52. The van der Waals surface area contributed by atoms with E-state index < -0.39 is 5.97 Å². The number of fused-ring (bicyclic) bond motifs is 3. The summed E-state index contributed by atoms with van der Waals surface area (Å²) in [4.78, 5) is 15.4. The Morgan fingerprint density at radius 1 is 1.09 bits per heavy atom. The second-order valence-electron chi connectivity index (χ2n) is 8.59. The van der Waals surface area contributed by atoms with E-state index in [1.807, 2.05) is 48.5 Å². The predicted octanol–water partition coefficient (Wildman–Crippen LogP) is 5.21. The van der Waals surface area contributed by atoms with Crippen LogP contribution in [0.4, 0.5) is 0 Å². The number of esters is 1. The van der Waals surface area contributed by atoms with E-state index in [1.54, 1.807) is 21.0 Å². The number of carbonyl (C=O) groups is 1. The van der Waals surface area contributed by atoms with E-state index >= 15 is 0 Å². The molecule has 0 unspecified atom stereocenters. The van der Waals surface area contributed by atoms with Gasteiger partial charge in [0.25, 0.3) is 0 Å². The van der Waals surface area contributed by atoms with Gasteiger partial charge in [0.2, 0.25) is 0 Å². The van der Waals surface area contributed by atoms with E-state index in [-0.39, 0.29) is 18.4 Å². The average molecular weight is 476 g/mol. The molecule has 182 valence electrons. The van der Waals surface area contributed by atoms with Gasteiger partial charge in [0, 0.05) is 34.8 Å². The monoisotopic (exact) mass is 475 g/mol. The maximum absolute atomic E-state index is 13.1. The first-order valence-electron chi connectivity index (χ1n) is 11.8. The molecule has 0 saturated carbocycles. The molecule has 1 aliphatic rings. The maximum atomic E-state index is 13.1. The lowest BCUT2D eigenvalue weighted by atomic mass is 9.88. The quantitative estimate of drug-likeness (QED) is 0.384. The number of rotatable bonds is 6. The summed E-state index contributed by atoms with van der Waals surface area (Å²) < 4.78 is 22.6. The van der Waals surface area contributed by atoms with Gasteiger partial charge in [0.1, 0.15) is 28.4 Å². The molecular weight excluding hydrogens is 446 g/mol. The van der Waals surface area contributed by atoms with Gasteiger partial charge in [-0.15, -0.1) is 0 Å². The highest BCUT2D eigenvalue weighted by atomic mass is 16.5. The van der Waals surface area contributed by atoms with Crippen LogP contribution in [0.15, 0.2) is 52.9 Å². The number of furan rings is 1. The summed E-state index contributed by atoms with van der Waals surface area (Å²) in [6, 6.07) is 15.0. The number of hydrogen-bond acceptors (Lipinski definition) is 7. The van der Waals surface area contributed by atoms with E-state index in [0.717, 1.165) is 16.7 Å². The van der Waals surface area contributed by atoms with Gasteiger partial charge >= 0.3 is 5.97 Å². The number of phenolic OH excluding ortho intramolecular Hbond substituents is 1. The minimum atomic E-state index is -0.463. The number of hydrogen-bond donors (Lipinski definition) is 1. The zero-order valence-electron chi connectivity index (χ0n) is 20.2. The SMILES string of the molecule is CCOC(=O)c1c(C)oc2c1c([C@H](c1ccc(OC)cc1)N1CCOCC1)c(O)c1ccccc12. The summed E-state index contributed by atoms with van der Waals surface area (Å²) >= 11 is 0. The first-order chi connectivity index (χ1) is 17.0. The Hall–Kier alpha value is -3.55. The van der Waals surface area contributed by atoms with Crippen molar-refractivity contribution >= 4 is 27.7 Å². The standard InChI is InChI=1S/C28H29NO6/c1-4-34-28(31)22-17(2)35-27-21-8-6-5-7-20(21)26(30)24(23(22)27)25(29-13-15-33-16-14-29)18-9-11-19(32-3)12-10-18/h5-12,25,30H,4,13-16H2,1-3H3/t25-/m0/s1. The number of ether oxygens (including phenoxy) is 3. The van der Waals surface area contributed by atoms with Crippen molar-refractivity contribution < 1.29 is 28.5 Å². The van der Waals surface area contributed by atoms with Crippen LogP contribution in [-0.2, 0) is 9.47 Å². The largest absolute Gasteiger partial charge is 0.507 e. The van der Waals surface area contributed by atoms with Crippen molar-refractivity contribution in [3.8, 4) is 11.5 Å². The van der Waals surface area contributed by atoms with Gasteiger partial charge < -0.3 is 23.7 Å². The fourth-order valence-electron chi connectivity index (χ4n) is 5.04. The molecule has 35 heavy (non-hydrogen) atoms. The van der Waals surface area contributed by atoms with E-state index in [2.05, 4.69) is 4.90 Å². The number of aromatic hydroxyl groups is 1. The number of benzene rings is 3. The molecule has 1 N–H and O–H groups in total. The second-order valence-corrected chi connectivity index (χ2v) is 8.59. The van der Waals surface area contributed by atoms with Crippen molar-refractivity contribution in [3.05, 3.63) is 71.0 Å². The number of phenols is 1. The normalized spacial score (nSPS) is 15.4. The first-order valence-corrected chi connectivity index (χ1v) is 11.8. The van der Waals surface area contributed by atoms with Crippen LogP contribution in [0.1, 0.15) is 40.2 Å². The Balaban J connectivity index is 1.87. The summed E-state index contributed by atoms with van der Waals surface area (Å²) in [5.74, 6) is 0.876. The highest BCUT2D eigenvalue weighted by Crippen LogP contribution is 2.47. The van der Waals surface area contributed by atoms with Gasteiger partial charge in [-0.1, -0.05) is 36.4 Å². The Kier molecular flexibility index (Phi) is 6.36. The predicted molar refractivity (Wildman–Crippen MR) is 133 cm³/mol. The molecule has 1 atom stereocenters. The minimum absolute atomic E-state index is 0.131. The van der Waals surface area contributed by atoms with Crippen LogP contribution >= 0.6 is 0 Å². The van der Waals surface area contributed by atoms with Crippen LogP contribution in [0.2, 0.25) is 0 Å². The third-order valence-electron chi connectivity index (χ3n) is 6.63. The van der Waals surface area contributed by atoms with Gasteiger partial charge in [0.05, 0.1) is 33.0 Å². The molecule has 2 heterocycles. The molecule has 1 saturated heterocycles. The van der Waals surface area contributed by atoms with E-state index in [1.165, 1.54) is 0 Å². The smallest absolute Gasteiger partial charge is 0.342 e. The zero-order chi connectivity index (χ0) is 24.5. The molecule has 1 aromatic heterocycles. The van der Waals surface area contributed by atoms with Gasteiger partial charge in [-0.05, 0) is 31.5 Å². The van der Waals surface area contributed by atoms with Crippen LogP contribution < -0.4 is 4.74 Å². The lowest BCUT2D eigenvalue weighted by Crippen LogP contribution is -2.39. The van der Waals surface area contributed by atoms with Crippen molar-refractivity contribution in [1.29, 1.82) is 0 Å². The van der Waals surface area contributed by atoms with Gasteiger partial charge in [-0.3, -0.25) is 4.90 Å². The molecule has 3 aromatic carbocycles. The molecule has 1 fully saturated rings. The molecular formula is C28H29NO6. The summed E-state index contributed by atoms with van der Waals surface area (Å²) in [5, 5.41) is 13.8. The average Bonchev–Trinajstić information content (AvgIpc) is 3.24. The molecule has 0 spiro atoms. The van der Waals surface area contributed by atoms with Crippen molar-refractivity contribution in [2.75, 3.05) is 40.0 Å². The van der Waals surface area contributed by atoms with Crippen molar-refractivity contribution in [1.82, 2.24) is 4.90 Å². The number of nitrogens with zero attached hydrogens (tertiary/aromatic N) is 1. The Bertz CT molecular complexity index is 1370. The van der Waals surface area contributed by atoms with Crippen LogP contribution in [0.25, 0.3) is 21.7 Å². The number of aryl methyl sites for hydroxylation is 1. The van der Waals surface area contributed by atoms with Crippen molar-refractivity contribution in [3.63, 3.8) is 0 Å². The van der Waals surface area contributed by atoms with E-state index in [4.69, 9.17) is 18.6 Å². The molecule has 5 rings (SSSR count). The molecule has 0 radical (unpaired) electrons. The van der Waals surface area contributed by atoms with Crippen LogP contribution in [0.5, 0.6) is 11.5 Å². The number of methoxy groups -OCH3 is 1. The minimum Gasteiger partial charge on any atom is -0.507 e. The Morgan fingerprint density at radius 2 is 1.77 bits per heavy atom. The van der Waals surface area contributed by atoms with Crippen LogP contribution in [0.3, 0.4) is 0 Å². The highest BCUT2D eigenvalue weighted by molar-refractivity contribution is 6.16. The van der Waals surface area contributed by atoms with Crippen molar-refractivity contribution in [2.45, 2.75) is 19.9 Å². The molecule has 7 heteroatoms. The lowest BCUT2D eigenvalue weighted by Gasteiger charge is -2.36. The van der Waals surface area contributed by atoms with Crippen LogP contribution in [-0.4, -0.2) is 56.0 Å². The first kappa shape index (κ1) is 23.2. The zero-order valence-corrected chi connectivity index (χ0v) is 20.2. The Morgan fingerprint density at radius 3 is 2.43 bits per heavy atom. The molecule has 4 aromatic rings. The number of morpholine rings is 1. The fourth-order valence-corrected chi connectivity index (χ4v) is 5.04. The lowest BCUT2D eigenvalue weighted by molar-refractivity contribution is 0.0238. The topological polar surface area (TPSA) is 81.4 Å². The van der Waals surface area contributed by atoms with Gasteiger partial charge in [-0.25, -0.2) is 4.79 Å². The number of carbonyl (C=O) groups excluding carboxylic acids is 1. The molecule has 0 amide bonds. The highest BCUT2D eigenvalue weighted by Gasteiger charge is 2.34. The summed E-state index contributed by atoms with van der Waals surface area (Å²) in [6.07, 6.45) is 0. The fraction of sp³-hybridized carbons (Fsp3) is 0.321. The van der Waals surface area contributed by atoms with Crippen LogP contribution in [0, 0.1) is 6.92 Å². The van der Waals surface area contributed by atoms with E-state index in [9.17, 15) is 9.90 Å².